The van der Waals surface area contributed by atoms with Gasteiger partial charge in [0.1, 0.15) is 5.78 Å². The molecule has 4 aliphatic heterocycles. The van der Waals surface area contributed by atoms with E-state index in [4.69, 9.17) is 14.2 Å². The van der Waals surface area contributed by atoms with Crippen LogP contribution in [0.4, 0.5) is 0 Å². The predicted octanol–water partition coefficient (Wildman–Crippen LogP) is 0.748. The van der Waals surface area contributed by atoms with Crippen LogP contribution in [0.3, 0.4) is 0 Å². The molecule has 0 saturated carbocycles. The molecule has 0 aliphatic carbocycles. The molecule has 1 spiro atoms. The minimum absolute atomic E-state index is 0.0276. The summed E-state index contributed by atoms with van der Waals surface area (Å²) in [4.78, 5) is 12.3. The molecule has 2 bridgehead atoms. The van der Waals surface area contributed by atoms with Gasteiger partial charge in [0, 0.05) is 35.4 Å². The number of ether oxygens (including phenoxy) is 3. The molecule has 5 atom stereocenters. The van der Waals surface area contributed by atoms with Crippen molar-refractivity contribution in [1.82, 2.24) is 0 Å². The first-order valence-electron chi connectivity index (χ1n) is 7.52. The van der Waals surface area contributed by atoms with E-state index in [-0.39, 0.29) is 29.6 Å². The Morgan fingerprint density at radius 2 is 1.86 bits per heavy atom. The molecular weight excluding hydrogens is 312 g/mol. The molecule has 21 heavy (non-hydrogen) atoms. The third kappa shape index (κ3) is 2.28. The third-order valence-corrected chi connectivity index (χ3v) is 7.28. The molecule has 118 valence electrons. The zero-order chi connectivity index (χ0) is 14.4. The molecule has 0 radical (unpaired) electrons. The summed E-state index contributed by atoms with van der Waals surface area (Å²) in [6.07, 6.45) is -0.595. The van der Waals surface area contributed by atoms with Gasteiger partial charge in [0.05, 0.1) is 31.2 Å². The number of rotatable bonds is 1. The maximum Gasteiger partial charge on any atom is 0.182 e. The van der Waals surface area contributed by atoms with Crippen LogP contribution in [0.2, 0.25) is 0 Å². The highest BCUT2D eigenvalue weighted by Gasteiger charge is 2.63. The summed E-state index contributed by atoms with van der Waals surface area (Å²) in [5.41, 5.74) is 0. The van der Waals surface area contributed by atoms with E-state index < -0.39 is 12.1 Å². The summed E-state index contributed by atoms with van der Waals surface area (Å²) in [6.45, 7) is 1.12. The fourth-order valence-corrected chi connectivity index (χ4v) is 6.58. The average molecular weight is 332 g/mol. The van der Waals surface area contributed by atoms with Gasteiger partial charge in [0.15, 0.2) is 12.1 Å². The molecule has 4 aliphatic rings. The van der Waals surface area contributed by atoms with Crippen molar-refractivity contribution in [2.75, 3.05) is 36.2 Å². The lowest BCUT2D eigenvalue weighted by Gasteiger charge is -2.54. The van der Waals surface area contributed by atoms with Crippen molar-refractivity contribution in [1.29, 1.82) is 0 Å². The highest BCUT2D eigenvalue weighted by molar-refractivity contribution is 7.99. The van der Waals surface area contributed by atoms with Gasteiger partial charge in [-0.25, -0.2) is 0 Å². The second-order valence-corrected chi connectivity index (χ2v) is 8.28. The van der Waals surface area contributed by atoms with E-state index >= 15 is 0 Å². The Hall–Kier alpha value is 0.210. The normalized spacial score (nSPS) is 46.0. The average Bonchev–Trinajstić information content (AvgIpc) is 2.93. The smallest absolute Gasteiger partial charge is 0.182 e. The summed E-state index contributed by atoms with van der Waals surface area (Å²) in [5, 5.41) is 10.4. The minimum Gasteiger partial charge on any atom is -0.367 e. The van der Waals surface area contributed by atoms with E-state index in [1.165, 1.54) is 0 Å². The molecule has 5 nitrogen and oxygen atoms in total. The molecule has 0 amide bonds. The van der Waals surface area contributed by atoms with E-state index in [2.05, 4.69) is 0 Å². The molecule has 0 aromatic rings. The topological polar surface area (TPSA) is 65.0 Å². The second kappa shape index (κ2) is 5.69. The number of ketones is 1. The molecule has 0 aromatic heterocycles. The van der Waals surface area contributed by atoms with Gasteiger partial charge in [-0.15, -0.1) is 0 Å². The molecule has 4 rings (SSSR count). The largest absolute Gasteiger partial charge is 0.367 e. The number of hydrogen-bond acceptors (Lipinski definition) is 7. The standard InChI is InChI=1S/C14H20O5S2/c15-11-1-4-20-5-8(11)12-9-6-21-7-10(13(16)19-12)14(9)17-2-3-18-14/h8-10,12-13,16H,1-7H2/t8-,9+,10-,12-,13?/m1/s1. The van der Waals surface area contributed by atoms with E-state index in [0.29, 0.717) is 19.6 Å². The van der Waals surface area contributed by atoms with E-state index in [0.717, 1.165) is 23.0 Å². The number of Topliss-reactive ketones (excluding diaryl/α,β-unsaturated/α-hetero) is 1. The number of thioether (sulfide) groups is 2. The first kappa shape index (κ1) is 14.8. The van der Waals surface area contributed by atoms with Gasteiger partial charge in [-0.2, -0.15) is 23.5 Å². The zero-order valence-electron chi connectivity index (χ0n) is 11.7. The third-order valence-electron chi connectivity index (χ3n) is 5.00. The van der Waals surface area contributed by atoms with Crippen LogP contribution in [-0.4, -0.2) is 65.3 Å². The quantitative estimate of drug-likeness (QED) is 0.760. The predicted molar refractivity (Wildman–Crippen MR) is 80.3 cm³/mol. The molecule has 1 unspecified atom stereocenters. The fraction of sp³-hybridized carbons (Fsp3) is 0.929. The van der Waals surface area contributed by atoms with Crippen LogP contribution in [0.25, 0.3) is 0 Å². The monoisotopic (exact) mass is 332 g/mol. The Morgan fingerprint density at radius 3 is 2.62 bits per heavy atom. The Balaban J connectivity index is 1.66. The summed E-state index contributed by atoms with van der Waals surface area (Å²) >= 11 is 3.60. The lowest BCUT2D eigenvalue weighted by Crippen LogP contribution is -2.66. The Kier molecular flexibility index (Phi) is 4.00. The Bertz CT molecular complexity index is 426. The Labute approximate surface area is 132 Å². The summed E-state index contributed by atoms with van der Waals surface area (Å²) < 4.78 is 17.9. The van der Waals surface area contributed by atoms with Crippen LogP contribution in [-0.2, 0) is 19.0 Å². The van der Waals surface area contributed by atoms with E-state index in [1.54, 1.807) is 23.5 Å². The van der Waals surface area contributed by atoms with Crippen LogP contribution in [0.5, 0.6) is 0 Å². The molecule has 7 heteroatoms. The molecule has 0 aromatic carbocycles. The van der Waals surface area contributed by atoms with Crippen molar-refractivity contribution >= 4 is 29.3 Å². The summed E-state index contributed by atoms with van der Waals surface area (Å²) in [6, 6.07) is 0. The molecule has 4 fully saturated rings. The highest BCUT2D eigenvalue weighted by atomic mass is 32.2. The van der Waals surface area contributed by atoms with Gasteiger partial charge in [0.25, 0.3) is 0 Å². The highest BCUT2D eigenvalue weighted by Crippen LogP contribution is 2.52. The van der Waals surface area contributed by atoms with Crippen LogP contribution in [0, 0.1) is 17.8 Å². The molecular formula is C14H20O5S2. The van der Waals surface area contributed by atoms with Gasteiger partial charge >= 0.3 is 0 Å². The van der Waals surface area contributed by atoms with E-state index in [1.807, 2.05) is 0 Å². The van der Waals surface area contributed by atoms with Crippen molar-refractivity contribution in [3.63, 3.8) is 0 Å². The number of aliphatic hydroxyl groups excluding tert-OH is 1. The number of carbonyl (C=O) groups excluding carboxylic acids is 1. The van der Waals surface area contributed by atoms with Crippen molar-refractivity contribution in [2.24, 2.45) is 17.8 Å². The van der Waals surface area contributed by atoms with E-state index in [9.17, 15) is 9.90 Å². The lowest BCUT2D eigenvalue weighted by atomic mass is 9.76. The molecule has 1 N–H and O–H groups in total. The Morgan fingerprint density at radius 1 is 1.10 bits per heavy atom. The van der Waals surface area contributed by atoms with Crippen molar-refractivity contribution in [2.45, 2.75) is 24.6 Å². The van der Waals surface area contributed by atoms with Crippen LogP contribution in [0.1, 0.15) is 6.42 Å². The first-order valence-corrected chi connectivity index (χ1v) is 9.83. The second-order valence-electron chi connectivity index (χ2n) is 6.06. The van der Waals surface area contributed by atoms with Crippen LogP contribution < -0.4 is 0 Å². The summed E-state index contributed by atoms with van der Waals surface area (Å²) in [7, 11) is 0. The van der Waals surface area contributed by atoms with Crippen LogP contribution >= 0.6 is 23.5 Å². The van der Waals surface area contributed by atoms with Crippen molar-refractivity contribution < 1.29 is 24.1 Å². The molecule has 4 heterocycles. The van der Waals surface area contributed by atoms with Crippen molar-refractivity contribution in [3.8, 4) is 0 Å². The van der Waals surface area contributed by atoms with Gasteiger partial charge in [-0.3, -0.25) is 4.79 Å². The minimum atomic E-state index is -0.906. The van der Waals surface area contributed by atoms with Gasteiger partial charge in [-0.05, 0) is 0 Å². The van der Waals surface area contributed by atoms with Crippen molar-refractivity contribution in [3.05, 3.63) is 0 Å². The zero-order valence-corrected chi connectivity index (χ0v) is 13.4. The van der Waals surface area contributed by atoms with Gasteiger partial charge in [0.2, 0.25) is 0 Å². The lowest BCUT2D eigenvalue weighted by molar-refractivity contribution is -0.346. The molecule has 4 saturated heterocycles. The number of carbonyl (C=O) groups is 1. The SMILES string of the molecule is O=C1CCSC[C@H]1[C@H]1OC(O)[C@H]2CSC[C@@H]1C21OCCO1. The van der Waals surface area contributed by atoms with Crippen LogP contribution in [0.15, 0.2) is 0 Å². The number of hydrogen-bond donors (Lipinski definition) is 1. The number of aliphatic hydroxyl groups is 1. The first-order chi connectivity index (χ1) is 10.2. The van der Waals surface area contributed by atoms with Gasteiger partial charge < -0.3 is 19.3 Å². The summed E-state index contributed by atoms with van der Waals surface area (Å²) in [5.74, 6) is 2.55. The maximum atomic E-state index is 12.3. The van der Waals surface area contributed by atoms with Gasteiger partial charge in [-0.1, -0.05) is 0 Å². The fourth-order valence-electron chi connectivity index (χ4n) is 3.97. The maximum absolute atomic E-state index is 12.3.